The zero-order valence-corrected chi connectivity index (χ0v) is 13.6. The third-order valence-corrected chi connectivity index (χ3v) is 4.62. The van der Waals surface area contributed by atoms with E-state index in [2.05, 4.69) is 0 Å². The standard InChI is InChI=1S/C19H17NO5/c1-11-17(25-16-9-5-4-8-15(16)24-11)18(21)20-10-13(19(22)23)12-6-2-3-7-14(12)20/h2-9,11,13,17H,10H2,1H3,(H,22,23). The molecule has 3 unspecified atom stereocenters. The summed E-state index contributed by atoms with van der Waals surface area (Å²) in [6, 6.07) is 14.3. The number of carboxylic acid groups (broad SMARTS) is 1. The summed E-state index contributed by atoms with van der Waals surface area (Å²) in [4.78, 5) is 26.1. The molecule has 1 amide bonds. The molecule has 2 heterocycles. The van der Waals surface area contributed by atoms with Gasteiger partial charge in [-0.05, 0) is 30.7 Å². The molecule has 0 aromatic heterocycles. The van der Waals surface area contributed by atoms with Gasteiger partial charge in [-0.1, -0.05) is 30.3 Å². The van der Waals surface area contributed by atoms with E-state index in [4.69, 9.17) is 9.47 Å². The minimum absolute atomic E-state index is 0.0989. The average molecular weight is 339 g/mol. The number of amides is 1. The predicted octanol–water partition coefficient (Wildman–Crippen LogP) is 2.43. The normalized spacial score (nSPS) is 23.9. The molecule has 4 rings (SSSR count). The van der Waals surface area contributed by atoms with Crippen molar-refractivity contribution in [2.75, 3.05) is 11.4 Å². The zero-order chi connectivity index (χ0) is 17.6. The quantitative estimate of drug-likeness (QED) is 0.909. The monoisotopic (exact) mass is 339 g/mol. The van der Waals surface area contributed by atoms with Crippen molar-refractivity contribution in [3.8, 4) is 11.5 Å². The third kappa shape index (κ3) is 2.50. The Bertz CT molecular complexity index is 849. The number of carboxylic acids is 1. The second kappa shape index (κ2) is 5.81. The van der Waals surface area contributed by atoms with E-state index in [0.29, 0.717) is 22.7 Å². The number of aliphatic carboxylic acids is 1. The topological polar surface area (TPSA) is 76.1 Å². The number of para-hydroxylation sites is 3. The Morgan fingerprint density at radius 1 is 1.04 bits per heavy atom. The highest BCUT2D eigenvalue weighted by Gasteiger charge is 2.43. The van der Waals surface area contributed by atoms with Crippen molar-refractivity contribution >= 4 is 17.6 Å². The van der Waals surface area contributed by atoms with E-state index in [1.807, 2.05) is 12.1 Å². The number of hydrogen-bond donors (Lipinski definition) is 1. The molecule has 6 heteroatoms. The summed E-state index contributed by atoms with van der Waals surface area (Å²) < 4.78 is 11.7. The molecule has 25 heavy (non-hydrogen) atoms. The van der Waals surface area contributed by atoms with Crippen LogP contribution in [0.4, 0.5) is 5.69 Å². The molecule has 128 valence electrons. The highest BCUT2D eigenvalue weighted by atomic mass is 16.6. The molecule has 0 bridgehead atoms. The highest BCUT2D eigenvalue weighted by Crippen LogP contribution is 2.39. The Labute approximate surface area is 144 Å². The van der Waals surface area contributed by atoms with Crippen LogP contribution in [-0.2, 0) is 9.59 Å². The van der Waals surface area contributed by atoms with Crippen molar-refractivity contribution in [1.29, 1.82) is 0 Å². The molecular formula is C19H17NO5. The summed E-state index contributed by atoms with van der Waals surface area (Å²) in [5.74, 6) is -0.849. The van der Waals surface area contributed by atoms with Gasteiger partial charge in [0.2, 0.25) is 6.10 Å². The summed E-state index contributed by atoms with van der Waals surface area (Å²) in [5, 5.41) is 9.46. The maximum Gasteiger partial charge on any atom is 0.312 e. The summed E-state index contributed by atoms with van der Waals surface area (Å²) >= 11 is 0. The maximum atomic E-state index is 13.1. The van der Waals surface area contributed by atoms with Crippen LogP contribution in [0.5, 0.6) is 11.5 Å². The molecule has 0 saturated carbocycles. The first kappa shape index (κ1) is 15.5. The van der Waals surface area contributed by atoms with Crippen molar-refractivity contribution in [3.63, 3.8) is 0 Å². The molecule has 0 saturated heterocycles. The lowest BCUT2D eigenvalue weighted by Gasteiger charge is -2.33. The number of carbonyl (C=O) groups is 2. The van der Waals surface area contributed by atoms with Crippen LogP contribution in [-0.4, -0.2) is 35.7 Å². The van der Waals surface area contributed by atoms with Crippen LogP contribution < -0.4 is 14.4 Å². The van der Waals surface area contributed by atoms with Gasteiger partial charge >= 0.3 is 5.97 Å². The van der Waals surface area contributed by atoms with Crippen molar-refractivity contribution in [2.24, 2.45) is 0 Å². The molecule has 2 aliphatic rings. The van der Waals surface area contributed by atoms with E-state index in [1.165, 1.54) is 4.90 Å². The first-order valence-corrected chi connectivity index (χ1v) is 8.11. The predicted molar refractivity (Wildman–Crippen MR) is 90.1 cm³/mol. The van der Waals surface area contributed by atoms with Gasteiger partial charge in [0.1, 0.15) is 12.0 Å². The molecule has 2 aliphatic heterocycles. The van der Waals surface area contributed by atoms with Gasteiger partial charge in [0.15, 0.2) is 11.5 Å². The zero-order valence-electron chi connectivity index (χ0n) is 13.6. The summed E-state index contributed by atoms with van der Waals surface area (Å²) in [5.41, 5.74) is 1.27. The molecule has 0 radical (unpaired) electrons. The van der Waals surface area contributed by atoms with Crippen molar-refractivity contribution < 1.29 is 24.2 Å². The fraction of sp³-hybridized carbons (Fsp3) is 0.263. The molecule has 0 fully saturated rings. The van der Waals surface area contributed by atoms with Gasteiger partial charge in [-0.15, -0.1) is 0 Å². The second-order valence-electron chi connectivity index (χ2n) is 6.21. The van der Waals surface area contributed by atoms with E-state index in [0.717, 1.165) is 0 Å². The van der Waals surface area contributed by atoms with Gasteiger partial charge in [-0.2, -0.15) is 0 Å². The maximum absolute atomic E-state index is 13.1. The van der Waals surface area contributed by atoms with Crippen molar-refractivity contribution in [3.05, 3.63) is 54.1 Å². The molecule has 6 nitrogen and oxygen atoms in total. The Hall–Kier alpha value is -3.02. The fourth-order valence-electron chi connectivity index (χ4n) is 3.37. The van der Waals surface area contributed by atoms with Crippen molar-refractivity contribution in [2.45, 2.75) is 25.0 Å². The van der Waals surface area contributed by atoms with Gasteiger partial charge in [0, 0.05) is 12.2 Å². The number of rotatable bonds is 2. The number of nitrogens with zero attached hydrogens (tertiary/aromatic N) is 1. The van der Waals surface area contributed by atoms with Crippen molar-refractivity contribution in [1.82, 2.24) is 0 Å². The van der Waals surface area contributed by atoms with Gasteiger partial charge < -0.3 is 19.5 Å². The van der Waals surface area contributed by atoms with Gasteiger partial charge in [-0.3, -0.25) is 9.59 Å². The minimum Gasteiger partial charge on any atom is -0.482 e. The average Bonchev–Trinajstić information content (AvgIpc) is 3.00. The van der Waals surface area contributed by atoms with E-state index in [-0.39, 0.29) is 12.5 Å². The summed E-state index contributed by atoms with van der Waals surface area (Å²) in [6.07, 6.45) is -1.30. The third-order valence-electron chi connectivity index (χ3n) is 4.62. The van der Waals surface area contributed by atoms with Crippen LogP contribution in [0.1, 0.15) is 18.4 Å². The van der Waals surface area contributed by atoms with Crippen LogP contribution in [0.25, 0.3) is 0 Å². The first-order valence-electron chi connectivity index (χ1n) is 8.11. The van der Waals surface area contributed by atoms with Gasteiger partial charge in [-0.25, -0.2) is 0 Å². The number of benzene rings is 2. The number of anilines is 1. The number of carbonyl (C=O) groups excluding carboxylic acids is 1. The lowest BCUT2D eigenvalue weighted by atomic mass is 10.0. The van der Waals surface area contributed by atoms with Gasteiger partial charge in [0.25, 0.3) is 5.91 Å². The van der Waals surface area contributed by atoms with Crippen LogP contribution in [0, 0.1) is 0 Å². The molecule has 0 aliphatic carbocycles. The first-order chi connectivity index (χ1) is 12.1. The van der Waals surface area contributed by atoms with Crippen LogP contribution >= 0.6 is 0 Å². The molecule has 2 aromatic carbocycles. The van der Waals surface area contributed by atoms with E-state index < -0.39 is 24.1 Å². The lowest BCUT2D eigenvalue weighted by Crippen LogP contribution is -2.50. The van der Waals surface area contributed by atoms with Crippen LogP contribution in [0.3, 0.4) is 0 Å². The lowest BCUT2D eigenvalue weighted by molar-refractivity contribution is -0.138. The molecule has 3 atom stereocenters. The molecule has 2 aromatic rings. The number of ether oxygens (including phenoxy) is 2. The molecule has 1 N–H and O–H groups in total. The molecular weight excluding hydrogens is 322 g/mol. The van der Waals surface area contributed by atoms with E-state index in [9.17, 15) is 14.7 Å². The van der Waals surface area contributed by atoms with Crippen LogP contribution in [0.2, 0.25) is 0 Å². The number of hydrogen-bond acceptors (Lipinski definition) is 4. The van der Waals surface area contributed by atoms with Crippen LogP contribution in [0.15, 0.2) is 48.5 Å². The highest BCUT2D eigenvalue weighted by molar-refractivity contribution is 6.01. The SMILES string of the molecule is CC1Oc2ccccc2OC1C(=O)N1CC(C(=O)O)c2ccccc21. The minimum atomic E-state index is -0.943. The fourth-order valence-corrected chi connectivity index (χ4v) is 3.37. The second-order valence-corrected chi connectivity index (χ2v) is 6.21. The Kier molecular flexibility index (Phi) is 3.60. The summed E-state index contributed by atoms with van der Waals surface area (Å²) in [7, 11) is 0. The van der Waals surface area contributed by atoms with E-state index >= 15 is 0 Å². The molecule has 0 spiro atoms. The number of fused-ring (bicyclic) bond motifs is 2. The Balaban J connectivity index is 1.65. The van der Waals surface area contributed by atoms with E-state index in [1.54, 1.807) is 43.3 Å². The Morgan fingerprint density at radius 2 is 1.68 bits per heavy atom. The summed E-state index contributed by atoms with van der Waals surface area (Å²) in [6.45, 7) is 1.87. The Morgan fingerprint density at radius 3 is 2.40 bits per heavy atom. The van der Waals surface area contributed by atoms with Gasteiger partial charge in [0.05, 0.1) is 0 Å². The smallest absolute Gasteiger partial charge is 0.312 e. The largest absolute Gasteiger partial charge is 0.482 e.